The Morgan fingerprint density at radius 2 is 1.91 bits per heavy atom. The van der Waals surface area contributed by atoms with Gasteiger partial charge in [-0.05, 0) is 56.3 Å². The van der Waals surface area contributed by atoms with Crippen LogP contribution in [0.2, 0.25) is 0 Å². The van der Waals surface area contributed by atoms with Gasteiger partial charge >= 0.3 is 0 Å². The van der Waals surface area contributed by atoms with E-state index in [1.165, 1.54) is 37.1 Å². The summed E-state index contributed by atoms with van der Waals surface area (Å²) in [4.78, 5) is 2.59. The highest BCUT2D eigenvalue weighted by Crippen LogP contribution is 2.42. The Bertz CT molecular complexity index is 524. The third-order valence-electron chi connectivity index (χ3n) is 5.44. The first kappa shape index (κ1) is 16.6. The monoisotopic (exact) mass is 318 g/mol. The van der Waals surface area contributed by atoms with Gasteiger partial charge in [-0.3, -0.25) is 0 Å². The number of likely N-dealkylation sites (tertiary alicyclic amines) is 1. The van der Waals surface area contributed by atoms with Crippen molar-refractivity contribution in [3.63, 3.8) is 0 Å². The molecule has 0 radical (unpaired) electrons. The molecule has 1 aliphatic heterocycles. The molecule has 1 aromatic carbocycles. The first-order valence-corrected chi connectivity index (χ1v) is 8.92. The van der Waals surface area contributed by atoms with Gasteiger partial charge in [0.1, 0.15) is 0 Å². The third kappa shape index (κ3) is 3.64. The van der Waals surface area contributed by atoms with E-state index in [0.717, 1.165) is 43.3 Å². The molecule has 1 atom stereocenters. The van der Waals surface area contributed by atoms with Crippen molar-refractivity contribution in [2.24, 2.45) is 5.92 Å². The molecule has 1 aromatic rings. The summed E-state index contributed by atoms with van der Waals surface area (Å²) in [6.45, 7) is 7.11. The molecule has 0 saturated carbocycles. The van der Waals surface area contributed by atoms with Crippen LogP contribution in [0.15, 0.2) is 12.1 Å². The van der Waals surface area contributed by atoms with E-state index in [0.29, 0.717) is 6.04 Å². The number of rotatable bonds is 6. The lowest BCUT2D eigenvalue weighted by Crippen LogP contribution is -2.38. The Morgan fingerprint density at radius 3 is 2.61 bits per heavy atom. The molecule has 0 unspecified atom stereocenters. The van der Waals surface area contributed by atoms with Gasteiger partial charge in [0.05, 0.1) is 14.2 Å². The number of ether oxygens (including phenoxy) is 2. The van der Waals surface area contributed by atoms with Crippen molar-refractivity contribution in [1.29, 1.82) is 0 Å². The lowest BCUT2D eigenvalue weighted by molar-refractivity contribution is 0.191. The van der Waals surface area contributed by atoms with E-state index < -0.39 is 0 Å². The maximum Gasteiger partial charge on any atom is 0.164 e. The average Bonchev–Trinajstić information content (AvgIpc) is 2.99. The number of fused-ring (bicyclic) bond motifs is 1. The fourth-order valence-corrected chi connectivity index (χ4v) is 3.93. The molecule has 2 aliphatic rings. The second-order valence-corrected chi connectivity index (χ2v) is 6.94. The van der Waals surface area contributed by atoms with Crippen LogP contribution in [0.5, 0.6) is 11.5 Å². The van der Waals surface area contributed by atoms with Crippen LogP contribution in [-0.2, 0) is 6.42 Å². The van der Waals surface area contributed by atoms with Gasteiger partial charge in [-0.15, -0.1) is 0 Å². The molecule has 1 heterocycles. The summed E-state index contributed by atoms with van der Waals surface area (Å²) in [5.41, 5.74) is 2.70. The van der Waals surface area contributed by atoms with Crippen molar-refractivity contribution in [1.82, 2.24) is 10.2 Å². The minimum atomic E-state index is 0.452. The molecule has 128 valence electrons. The fraction of sp³-hybridized carbons (Fsp3) is 0.684. The molecule has 4 nitrogen and oxygen atoms in total. The Morgan fingerprint density at radius 1 is 1.13 bits per heavy atom. The lowest BCUT2D eigenvalue weighted by Gasteiger charge is -2.30. The van der Waals surface area contributed by atoms with E-state index in [1.54, 1.807) is 14.2 Å². The molecule has 0 aromatic heterocycles. The zero-order valence-corrected chi connectivity index (χ0v) is 14.7. The highest BCUT2D eigenvalue weighted by Gasteiger charge is 2.27. The van der Waals surface area contributed by atoms with Gasteiger partial charge in [0.15, 0.2) is 11.5 Å². The van der Waals surface area contributed by atoms with E-state index in [9.17, 15) is 0 Å². The van der Waals surface area contributed by atoms with Crippen LogP contribution < -0.4 is 14.8 Å². The van der Waals surface area contributed by atoms with Crippen LogP contribution in [0.25, 0.3) is 0 Å². The second-order valence-electron chi connectivity index (χ2n) is 6.94. The van der Waals surface area contributed by atoms with E-state index in [2.05, 4.69) is 23.2 Å². The number of nitrogens with one attached hydrogen (secondary N) is 1. The van der Waals surface area contributed by atoms with Crippen LogP contribution in [-0.4, -0.2) is 45.3 Å². The predicted molar refractivity (Wildman–Crippen MR) is 93.4 cm³/mol. The SMILES string of the molecule is COc1ccc2c(c1OC)CC[C@@H]2NCCN1CCC(C)CC1. The Balaban J connectivity index is 1.56. The van der Waals surface area contributed by atoms with E-state index >= 15 is 0 Å². The largest absolute Gasteiger partial charge is 0.493 e. The summed E-state index contributed by atoms with van der Waals surface area (Å²) in [7, 11) is 3.44. The number of piperidine rings is 1. The minimum absolute atomic E-state index is 0.452. The average molecular weight is 318 g/mol. The number of hydrogen-bond acceptors (Lipinski definition) is 4. The highest BCUT2D eigenvalue weighted by atomic mass is 16.5. The first-order valence-electron chi connectivity index (χ1n) is 8.92. The van der Waals surface area contributed by atoms with Gasteiger partial charge in [0, 0.05) is 24.7 Å². The Kier molecular flexibility index (Phi) is 5.44. The minimum Gasteiger partial charge on any atom is -0.493 e. The van der Waals surface area contributed by atoms with Gasteiger partial charge in [-0.1, -0.05) is 13.0 Å². The molecule has 0 spiro atoms. The quantitative estimate of drug-likeness (QED) is 0.874. The Labute approximate surface area is 140 Å². The molecular weight excluding hydrogens is 288 g/mol. The number of nitrogens with zero attached hydrogens (tertiary/aromatic N) is 1. The molecule has 1 aliphatic carbocycles. The number of methoxy groups -OCH3 is 2. The van der Waals surface area contributed by atoms with Crippen molar-refractivity contribution in [2.75, 3.05) is 40.4 Å². The van der Waals surface area contributed by atoms with Gasteiger partial charge in [0.2, 0.25) is 0 Å². The zero-order chi connectivity index (χ0) is 16.2. The van der Waals surface area contributed by atoms with Crippen LogP contribution in [0.3, 0.4) is 0 Å². The number of benzene rings is 1. The van der Waals surface area contributed by atoms with Crippen molar-refractivity contribution in [2.45, 2.75) is 38.6 Å². The second kappa shape index (κ2) is 7.54. The van der Waals surface area contributed by atoms with Crippen LogP contribution >= 0.6 is 0 Å². The van der Waals surface area contributed by atoms with Crippen LogP contribution in [0, 0.1) is 5.92 Å². The van der Waals surface area contributed by atoms with E-state index in [4.69, 9.17) is 9.47 Å². The molecule has 4 heteroatoms. The summed E-state index contributed by atoms with van der Waals surface area (Å²) in [6, 6.07) is 4.68. The fourth-order valence-electron chi connectivity index (χ4n) is 3.93. The van der Waals surface area contributed by atoms with Crippen molar-refractivity contribution in [3.8, 4) is 11.5 Å². The summed E-state index contributed by atoms with van der Waals surface area (Å²) >= 11 is 0. The number of hydrogen-bond donors (Lipinski definition) is 1. The summed E-state index contributed by atoms with van der Waals surface area (Å²) in [5, 5.41) is 3.75. The van der Waals surface area contributed by atoms with Gasteiger partial charge in [0.25, 0.3) is 0 Å². The molecule has 0 bridgehead atoms. The molecule has 1 fully saturated rings. The molecule has 1 N–H and O–H groups in total. The van der Waals surface area contributed by atoms with E-state index in [-0.39, 0.29) is 0 Å². The molecule has 23 heavy (non-hydrogen) atoms. The topological polar surface area (TPSA) is 33.7 Å². The molecule has 1 saturated heterocycles. The van der Waals surface area contributed by atoms with Crippen LogP contribution in [0.4, 0.5) is 0 Å². The predicted octanol–water partition coefficient (Wildman–Crippen LogP) is 3.01. The summed E-state index contributed by atoms with van der Waals surface area (Å²) in [6.07, 6.45) is 4.91. The van der Waals surface area contributed by atoms with Gasteiger partial charge in [-0.2, -0.15) is 0 Å². The standard InChI is InChI=1S/C19H30N2O2/c1-14-8-11-21(12-9-14)13-10-20-17-6-4-16-15(17)5-7-18(22-2)19(16)23-3/h5,7,14,17,20H,4,6,8-13H2,1-3H3/t17-/m0/s1. The maximum atomic E-state index is 5.58. The maximum absolute atomic E-state index is 5.58. The molecule has 3 rings (SSSR count). The van der Waals surface area contributed by atoms with E-state index in [1.807, 2.05) is 6.07 Å². The van der Waals surface area contributed by atoms with Crippen LogP contribution in [0.1, 0.15) is 43.4 Å². The smallest absolute Gasteiger partial charge is 0.164 e. The summed E-state index contributed by atoms with van der Waals surface area (Å²) in [5.74, 6) is 2.66. The van der Waals surface area contributed by atoms with Crippen molar-refractivity contribution < 1.29 is 9.47 Å². The molecule has 0 amide bonds. The first-order chi connectivity index (χ1) is 11.2. The summed E-state index contributed by atoms with van der Waals surface area (Å²) < 4.78 is 11.0. The highest BCUT2D eigenvalue weighted by molar-refractivity contribution is 5.53. The third-order valence-corrected chi connectivity index (χ3v) is 5.44. The zero-order valence-electron chi connectivity index (χ0n) is 14.7. The van der Waals surface area contributed by atoms with Gasteiger partial charge in [-0.25, -0.2) is 0 Å². The molecular formula is C19H30N2O2. The lowest BCUT2D eigenvalue weighted by atomic mass is 9.99. The van der Waals surface area contributed by atoms with Crippen molar-refractivity contribution >= 4 is 0 Å². The Hall–Kier alpha value is -1.26. The van der Waals surface area contributed by atoms with Crippen molar-refractivity contribution in [3.05, 3.63) is 23.3 Å². The van der Waals surface area contributed by atoms with Gasteiger partial charge < -0.3 is 19.7 Å². The normalized spacial score (nSPS) is 22.1.